The van der Waals surface area contributed by atoms with Gasteiger partial charge in [-0.15, -0.1) is 0 Å². The summed E-state index contributed by atoms with van der Waals surface area (Å²) in [6.45, 7) is 0. The monoisotopic (exact) mass is 550 g/mol. The molecule has 4 saturated carbocycles. The van der Waals surface area contributed by atoms with Crippen molar-refractivity contribution in [1.82, 2.24) is 0 Å². The molecular weight excluding hydrogens is 494 g/mol. The average molecular weight is 551 g/mol. The van der Waals surface area contributed by atoms with E-state index in [2.05, 4.69) is 24.3 Å². The molecule has 0 amide bonds. The molecule has 2 heterocycles. The molecule has 7 rings (SSSR count). The van der Waals surface area contributed by atoms with Crippen molar-refractivity contribution in [3.05, 3.63) is 24.3 Å². The van der Waals surface area contributed by atoms with Gasteiger partial charge in [0, 0.05) is 0 Å². The van der Waals surface area contributed by atoms with Gasteiger partial charge in [-0.2, -0.15) is 0 Å². The fourth-order valence-corrected chi connectivity index (χ4v) is 18.9. The highest BCUT2D eigenvalue weighted by Gasteiger charge is 2.53. The van der Waals surface area contributed by atoms with E-state index in [0.717, 1.165) is 46.3 Å². The Bertz CT molecular complexity index is 765. The van der Waals surface area contributed by atoms with E-state index < -0.39 is 0 Å². The lowest BCUT2D eigenvalue weighted by molar-refractivity contribution is 0.275. The lowest BCUT2D eigenvalue weighted by Crippen LogP contribution is -2.51. The Balaban J connectivity index is 1.22. The molecule has 2 heteroatoms. The van der Waals surface area contributed by atoms with Gasteiger partial charge in [0.15, 0.2) is 0 Å². The second kappa shape index (κ2) is 12.5. The molecule has 1 aromatic carbocycles. The van der Waals surface area contributed by atoms with Crippen LogP contribution >= 0.6 is 15.8 Å². The summed E-state index contributed by atoms with van der Waals surface area (Å²) in [5, 5.41) is 3.99. The highest BCUT2D eigenvalue weighted by Crippen LogP contribution is 2.70. The van der Waals surface area contributed by atoms with E-state index in [0.29, 0.717) is 0 Å². The van der Waals surface area contributed by atoms with Gasteiger partial charge in [-0.1, -0.05) is 117 Å². The van der Waals surface area contributed by atoms with Gasteiger partial charge in [0.05, 0.1) is 0 Å². The maximum atomic E-state index is 2.74. The van der Waals surface area contributed by atoms with E-state index in [9.17, 15) is 0 Å². The van der Waals surface area contributed by atoms with Crippen LogP contribution in [-0.2, 0) is 0 Å². The predicted octanol–water partition coefficient (Wildman–Crippen LogP) is 10.5. The molecule has 4 aliphatic carbocycles. The minimum Gasteiger partial charge on any atom is -0.0677 e. The molecule has 6 aliphatic rings. The molecule has 0 spiro atoms. The van der Waals surface area contributed by atoms with Crippen molar-refractivity contribution < 1.29 is 0 Å². The normalized spacial score (nSPS) is 38.4. The van der Waals surface area contributed by atoms with Crippen LogP contribution in [0.5, 0.6) is 0 Å². The maximum absolute atomic E-state index is 2.74. The molecule has 4 atom stereocenters. The second-order valence-corrected chi connectivity index (χ2v) is 19.9. The zero-order chi connectivity index (χ0) is 25.3. The van der Waals surface area contributed by atoms with E-state index in [4.69, 9.17) is 0 Å². The summed E-state index contributed by atoms with van der Waals surface area (Å²) in [5.74, 6) is 4.28. The summed E-state index contributed by atoms with van der Waals surface area (Å²) >= 11 is 0. The van der Waals surface area contributed by atoms with E-state index in [1.807, 2.05) is 10.6 Å². The largest absolute Gasteiger partial charge is 0.0677 e. The Hall–Kier alpha value is 0.0800. The highest BCUT2D eigenvalue weighted by molar-refractivity contribution is 7.74. The van der Waals surface area contributed by atoms with E-state index in [-0.39, 0.29) is 15.8 Å². The first-order chi connectivity index (χ1) is 18.9. The first kappa shape index (κ1) is 26.9. The summed E-state index contributed by atoms with van der Waals surface area (Å²) in [6.07, 6.45) is 34.0. The van der Waals surface area contributed by atoms with Crippen molar-refractivity contribution in [2.24, 2.45) is 23.7 Å². The summed E-state index contributed by atoms with van der Waals surface area (Å²) in [7, 11) is 0.105. The van der Waals surface area contributed by atoms with Crippen molar-refractivity contribution in [2.45, 2.75) is 164 Å². The molecule has 38 heavy (non-hydrogen) atoms. The van der Waals surface area contributed by atoms with Crippen molar-refractivity contribution in [1.29, 1.82) is 0 Å². The maximum Gasteiger partial charge on any atom is -0.0132 e. The third-order valence-electron chi connectivity index (χ3n) is 12.6. The number of hydrogen-bond acceptors (Lipinski definition) is 0. The third kappa shape index (κ3) is 5.35. The van der Waals surface area contributed by atoms with Crippen LogP contribution in [0.2, 0.25) is 0 Å². The van der Waals surface area contributed by atoms with Gasteiger partial charge < -0.3 is 0 Å². The SMILES string of the molecule is c1ccc(P2C(C3CCCCC3)CC2C2CCCCC2)c(P2C(C3CCCCC3)CC2C2CCCCC2)c1. The van der Waals surface area contributed by atoms with Crippen molar-refractivity contribution in [2.75, 3.05) is 0 Å². The molecule has 0 nitrogen and oxygen atoms in total. The van der Waals surface area contributed by atoms with Crippen molar-refractivity contribution in [3.8, 4) is 0 Å². The van der Waals surface area contributed by atoms with Crippen LogP contribution in [-0.4, -0.2) is 22.6 Å². The van der Waals surface area contributed by atoms with Crippen LogP contribution < -0.4 is 10.6 Å². The van der Waals surface area contributed by atoms with Crippen LogP contribution in [0.25, 0.3) is 0 Å². The third-order valence-corrected chi connectivity index (χ3v) is 20.1. The molecule has 4 unspecified atom stereocenters. The molecule has 0 bridgehead atoms. The van der Waals surface area contributed by atoms with Gasteiger partial charge in [0.2, 0.25) is 0 Å². The van der Waals surface area contributed by atoms with Crippen LogP contribution in [0.1, 0.15) is 141 Å². The lowest BCUT2D eigenvalue weighted by Gasteiger charge is -2.57. The minimum atomic E-state index is 0.0527. The molecule has 0 radical (unpaired) electrons. The molecule has 2 aliphatic heterocycles. The van der Waals surface area contributed by atoms with E-state index >= 15 is 0 Å². The Morgan fingerprint density at radius 1 is 0.368 bits per heavy atom. The van der Waals surface area contributed by atoms with E-state index in [1.54, 1.807) is 64.2 Å². The highest BCUT2D eigenvalue weighted by atomic mass is 31.1. The van der Waals surface area contributed by atoms with E-state index in [1.165, 1.54) is 77.0 Å². The summed E-state index contributed by atoms with van der Waals surface area (Å²) < 4.78 is 0. The zero-order valence-electron chi connectivity index (χ0n) is 24.4. The number of benzene rings is 1. The average Bonchev–Trinajstić information content (AvgIpc) is 2.95. The smallest absolute Gasteiger partial charge is 0.0132 e. The Kier molecular flexibility index (Phi) is 8.88. The topological polar surface area (TPSA) is 0 Å². The predicted molar refractivity (Wildman–Crippen MR) is 170 cm³/mol. The fraction of sp³-hybridized carbons (Fsp3) is 0.833. The van der Waals surface area contributed by atoms with Gasteiger partial charge in [-0.25, -0.2) is 0 Å². The Morgan fingerprint density at radius 2 is 0.632 bits per heavy atom. The molecule has 2 saturated heterocycles. The molecular formula is C36H56P2. The Labute approximate surface area is 237 Å². The molecule has 0 N–H and O–H groups in total. The minimum absolute atomic E-state index is 0.0527. The van der Waals surface area contributed by atoms with Gasteiger partial charge in [0.25, 0.3) is 0 Å². The first-order valence-corrected chi connectivity index (χ1v) is 20.5. The number of rotatable bonds is 6. The molecule has 1 aromatic rings. The summed E-state index contributed by atoms with van der Waals surface area (Å²) in [5.41, 5.74) is 4.32. The zero-order valence-corrected chi connectivity index (χ0v) is 26.2. The van der Waals surface area contributed by atoms with Crippen molar-refractivity contribution in [3.63, 3.8) is 0 Å². The second-order valence-electron chi connectivity index (χ2n) is 14.6. The van der Waals surface area contributed by atoms with Crippen LogP contribution in [0.4, 0.5) is 0 Å². The first-order valence-electron chi connectivity index (χ1n) is 17.5. The van der Waals surface area contributed by atoms with Gasteiger partial charge in [-0.3, -0.25) is 0 Å². The van der Waals surface area contributed by atoms with Gasteiger partial charge in [-0.05, 0) is 121 Å². The molecule has 0 aromatic heterocycles. The van der Waals surface area contributed by atoms with Gasteiger partial charge >= 0.3 is 0 Å². The summed E-state index contributed by atoms with van der Waals surface area (Å²) in [6, 6.07) is 10.4. The van der Waals surface area contributed by atoms with Crippen LogP contribution in [0.3, 0.4) is 0 Å². The van der Waals surface area contributed by atoms with Crippen LogP contribution in [0, 0.1) is 23.7 Å². The molecule has 6 fully saturated rings. The van der Waals surface area contributed by atoms with Crippen molar-refractivity contribution >= 4 is 26.5 Å². The quantitative estimate of drug-likeness (QED) is 0.309. The number of hydrogen-bond donors (Lipinski definition) is 0. The Morgan fingerprint density at radius 3 is 0.895 bits per heavy atom. The summed E-state index contributed by atoms with van der Waals surface area (Å²) in [4.78, 5) is 0. The van der Waals surface area contributed by atoms with Crippen LogP contribution in [0.15, 0.2) is 24.3 Å². The standard InChI is InChI=1S/C36H56P2/c1-5-15-27(16-6-1)33-25-34(28-17-7-2-8-18-28)37(33)31-23-13-14-24-32(31)38-35(29-19-9-3-10-20-29)26-36(38)30-21-11-4-12-22-30/h13-14,23-24,27-30,33-36H,1-12,15-22,25-26H2. The molecule has 210 valence electrons. The lowest BCUT2D eigenvalue weighted by atomic mass is 9.80. The van der Waals surface area contributed by atoms with Gasteiger partial charge in [0.1, 0.15) is 0 Å². The fourth-order valence-electron chi connectivity index (χ4n) is 10.5.